The number of anilines is 2. The van der Waals surface area contributed by atoms with Gasteiger partial charge in [0.15, 0.2) is 5.13 Å². The SMILES string of the molecule is Fc1ccc(-c2csc(N3CCN(c4nnnn4-c4ccccc4)CC3)n2)cc1. The van der Waals surface area contributed by atoms with Gasteiger partial charge < -0.3 is 9.80 Å². The largest absolute Gasteiger partial charge is 0.345 e. The van der Waals surface area contributed by atoms with Crippen molar-refractivity contribution in [2.75, 3.05) is 36.0 Å². The van der Waals surface area contributed by atoms with Crippen molar-refractivity contribution in [1.29, 1.82) is 0 Å². The lowest BCUT2D eigenvalue weighted by molar-refractivity contribution is 0.628. The van der Waals surface area contributed by atoms with Crippen LogP contribution in [0, 0.1) is 5.82 Å². The fourth-order valence-electron chi connectivity index (χ4n) is 3.38. The minimum Gasteiger partial charge on any atom is -0.345 e. The minimum atomic E-state index is -0.238. The van der Waals surface area contributed by atoms with Crippen LogP contribution in [0.25, 0.3) is 16.9 Å². The van der Waals surface area contributed by atoms with E-state index < -0.39 is 0 Å². The summed E-state index contributed by atoms with van der Waals surface area (Å²) >= 11 is 1.61. The smallest absolute Gasteiger partial charge is 0.250 e. The van der Waals surface area contributed by atoms with Crippen LogP contribution in [0.1, 0.15) is 0 Å². The molecule has 2 aromatic heterocycles. The Morgan fingerprint density at radius 2 is 1.59 bits per heavy atom. The molecule has 0 amide bonds. The Bertz CT molecular complexity index is 1090. The first-order valence-corrected chi connectivity index (χ1v) is 10.2. The molecule has 0 aliphatic carbocycles. The zero-order chi connectivity index (χ0) is 19.6. The summed E-state index contributed by atoms with van der Waals surface area (Å²) in [6.45, 7) is 3.27. The van der Waals surface area contributed by atoms with Crippen LogP contribution < -0.4 is 9.80 Å². The van der Waals surface area contributed by atoms with E-state index in [1.54, 1.807) is 28.2 Å². The molecule has 7 nitrogen and oxygen atoms in total. The zero-order valence-corrected chi connectivity index (χ0v) is 16.3. The fraction of sp³-hybridized carbons (Fsp3) is 0.200. The third kappa shape index (κ3) is 3.56. The van der Waals surface area contributed by atoms with Gasteiger partial charge in [0.25, 0.3) is 0 Å². The van der Waals surface area contributed by atoms with Crippen molar-refractivity contribution in [3.63, 3.8) is 0 Å². The van der Waals surface area contributed by atoms with Gasteiger partial charge in [-0.25, -0.2) is 9.37 Å². The molecule has 0 unspecified atom stereocenters. The van der Waals surface area contributed by atoms with Gasteiger partial charge in [-0.2, -0.15) is 4.68 Å². The Morgan fingerprint density at radius 1 is 0.862 bits per heavy atom. The molecule has 4 aromatic rings. The summed E-state index contributed by atoms with van der Waals surface area (Å²) < 4.78 is 14.9. The maximum atomic E-state index is 13.1. The van der Waals surface area contributed by atoms with E-state index in [4.69, 9.17) is 4.98 Å². The number of nitrogens with zero attached hydrogens (tertiary/aromatic N) is 7. The van der Waals surface area contributed by atoms with E-state index in [1.165, 1.54) is 12.1 Å². The molecule has 1 aliphatic rings. The average Bonchev–Trinajstić information content (AvgIpc) is 3.45. The lowest BCUT2D eigenvalue weighted by Gasteiger charge is -2.34. The van der Waals surface area contributed by atoms with E-state index in [2.05, 4.69) is 25.3 Å². The van der Waals surface area contributed by atoms with Gasteiger partial charge in [-0.05, 0) is 46.8 Å². The Kier molecular flexibility index (Phi) is 4.65. The summed E-state index contributed by atoms with van der Waals surface area (Å²) in [7, 11) is 0. The molecule has 2 aromatic carbocycles. The molecule has 146 valence electrons. The molecule has 1 aliphatic heterocycles. The molecule has 0 N–H and O–H groups in total. The second kappa shape index (κ2) is 7.59. The summed E-state index contributed by atoms with van der Waals surface area (Å²) in [6.07, 6.45) is 0. The van der Waals surface area contributed by atoms with Crippen molar-refractivity contribution in [2.45, 2.75) is 0 Å². The van der Waals surface area contributed by atoms with Gasteiger partial charge in [0.2, 0.25) is 5.95 Å². The van der Waals surface area contributed by atoms with Crippen molar-refractivity contribution >= 4 is 22.4 Å². The number of hydrogen-bond acceptors (Lipinski definition) is 7. The van der Waals surface area contributed by atoms with Gasteiger partial charge >= 0.3 is 0 Å². The van der Waals surface area contributed by atoms with Crippen LogP contribution in [0.15, 0.2) is 60.0 Å². The van der Waals surface area contributed by atoms with Crippen molar-refractivity contribution in [1.82, 2.24) is 25.2 Å². The molecular formula is C20H18FN7S. The normalized spacial score (nSPS) is 14.4. The Balaban J connectivity index is 1.28. The standard InChI is InChI=1S/C20H18FN7S/c21-16-8-6-15(7-9-16)18-14-29-20(22-18)27-12-10-26(11-13-27)19-23-24-25-28(19)17-4-2-1-3-5-17/h1-9,14H,10-13H2. The molecule has 1 fully saturated rings. The molecular weight excluding hydrogens is 389 g/mol. The van der Waals surface area contributed by atoms with Crippen molar-refractivity contribution in [2.24, 2.45) is 0 Å². The van der Waals surface area contributed by atoms with Gasteiger partial charge in [0.05, 0.1) is 11.4 Å². The lowest BCUT2D eigenvalue weighted by atomic mass is 10.2. The summed E-state index contributed by atoms with van der Waals surface area (Å²) in [4.78, 5) is 9.21. The van der Waals surface area contributed by atoms with Gasteiger partial charge in [0, 0.05) is 37.1 Å². The second-order valence-electron chi connectivity index (χ2n) is 6.72. The van der Waals surface area contributed by atoms with Crippen molar-refractivity contribution in [3.8, 4) is 16.9 Å². The van der Waals surface area contributed by atoms with E-state index >= 15 is 0 Å². The number of tetrazole rings is 1. The lowest BCUT2D eigenvalue weighted by Crippen LogP contribution is -2.47. The number of halogens is 1. The monoisotopic (exact) mass is 407 g/mol. The molecule has 0 atom stereocenters. The molecule has 0 spiro atoms. The van der Waals surface area contributed by atoms with E-state index in [9.17, 15) is 4.39 Å². The molecule has 0 saturated carbocycles. The predicted molar refractivity (Wildman–Crippen MR) is 111 cm³/mol. The van der Waals surface area contributed by atoms with E-state index in [-0.39, 0.29) is 5.82 Å². The number of aromatic nitrogens is 5. The number of benzene rings is 2. The third-order valence-corrected chi connectivity index (χ3v) is 5.82. The average molecular weight is 407 g/mol. The van der Waals surface area contributed by atoms with E-state index in [0.717, 1.165) is 54.2 Å². The highest BCUT2D eigenvalue weighted by Gasteiger charge is 2.24. The number of thiazole rings is 1. The fourth-order valence-corrected chi connectivity index (χ4v) is 4.26. The molecule has 5 rings (SSSR count). The quantitative estimate of drug-likeness (QED) is 0.518. The summed E-state index contributed by atoms with van der Waals surface area (Å²) in [5, 5.41) is 15.2. The number of rotatable bonds is 4. The Morgan fingerprint density at radius 3 is 2.34 bits per heavy atom. The van der Waals surface area contributed by atoms with Crippen LogP contribution in [0.2, 0.25) is 0 Å². The van der Waals surface area contributed by atoms with Crippen molar-refractivity contribution in [3.05, 3.63) is 65.8 Å². The molecule has 9 heteroatoms. The molecule has 29 heavy (non-hydrogen) atoms. The van der Waals surface area contributed by atoms with Crippen LogP contribution in [0.5, 0.6) is 0 Å². The highest BCUT2D eigenvalue weighted by molar-refractivity contribution is 7.14. The first-order chi connectivity index (χ1) is 14.3. The Hall–Kier alpha value is -3.33. The summed E-state index contributed by atoms with van der Waals surface area (Å²) in [5.74, 6) is 0.514. The van der Waals surface area contributed by atoms with Crippen LogP contribution in [0.4, 0.5) is 15.5 Å². The first kappa shape index (κ1) is 17.7. The molecule has 0 bridgehead atoms. The van der Waals surface area contributed by atoms with Crippen LogP contribution >= 0.6 is 11.3 Å². The second-order valence-corrected chi connectivity index (χ2v) is 7.56. The van der Waals surface area contributed by atoms with Crippen molar-refractivity contribution < 1.29 is 4.39 Å². The molecule has 0 radical (unpaired) electrons. The number of piperazine rings is 1. The molecule has 1 saturated heterocycles. The summed E-state index contributed by atoms with van der Waals surface area (Å²) in [6, 6.07) is 16.3. The third-order valence-electron chi connectivity index (χ3n) is 4.92. The maximum Gasteiger partial charge on any atom is 0.250 e. The van der Waals surface area contributed by atoms with E-state index in [0.29, 0.717) is 0 Å². The highest BCUT2D eigenvalue weighted by Crippen LogP contribution is 2.29. The van der Waals surface area contributed by atoms with Crippen LogP contribution in [-0.2, 0) is 0 Å². The zero-order valence-electron chi connectivity index (χ0n) is 15.5. The number of hydrogen-bond donors (Lipinski definition) is 0. The Labute approximate surface area is 171 Å². The topological polar surface area (TPSA) is 63.0 Å². The van der Waals surface area contributed by atoms with Crippen LogP contribution in [0.3, 0.4) is 0 Å². The summed E-state index contributed by atoms with van der Waals surface area (Å²) in [5.41, 5.74) is 2.74. The molecule has 3 heterocycles. The highest BCUT2D eigenvalue weighted by atomic mass is 32.1. The van der Waals surface area contributed by atoms with Gasteiger partial charge in [0.1, 0.15) is 5.82 Å². The van der Waals surface area contributed by atoms with Gasteiger partial charge in [-0.1, -0.05) is 23.3 Å². The van der Waals surface area contributed by atoms with Crippen LogP contribution in [-0.4, -0.2) is 51.4 Å². The first-order valence-electron chi connectivity index (χ1n) is 9.33. The van der Waals surface area contributed by atoms with Gasteiger partial charge in [-0.3, -0.25) is 0 Å². The minimum absolute atomic E-state index is 0.238. The van der Waals surface area contributed by atoms with E-state index in [1.807, 2.05) is 35.7 Å². The maximum absolute atomic E-state index is 13.1. The van der Waals surface area contributed by atoms with Gasteiger partial charge in [-0.15, -0.1) is 11.3 Å². The predicted octanol–water partition coefficient (Wildman–Crippen LogP) is 3.25. The number of para-hydroxylation sites is 1.